The number of benzene rings is 2. The highest BCUT2D eigenvalue weighted by atomic mass is 16.3. The molecule has 3 rings (SSSR count). The van der Waals surface area contributed by atoms with E-state index in [-0.39, 0.29) is 11.7 Å². The van der Waals surface area contributed by atoms with Crippen LogP contribution in [-0.4, -0.2) is 32.7 Å². The van der Waals surface area contributed by atoms with Gasteiger partial charge in [0.15, 0.2) is 6.04 Å². The number of carbonyl (C=O) groups is 1. The molecule has 0 bridgehead atoms. The number of rotatable bonds is 5. The Hall–Kier alpha value is -3.08. The molecular formula is C19H19N3O2. The third-order valence-corrected chi connectivity index (χ3v) is 3.85. The zero-order chi connectivity index (χ0) is 16.9. The van der Waals surface area contributed by atoms with Crippen molar-refractivity contribution in [1.29, 1.82) is 0 Å². The standard InChI is InChI=1S/C19H19N3O2/c1-21(14-15-7-5-10-17(23)13-15)19(24)18(22-12-6-11-20-22)16-8-3-2-4-9-16/h2-13,18,23H,14H2,1H3/t18-/m0/s1. The Balaban J connectivity index is 1.86. The van der Waals surface area contributed by atoms with E-state index in [4.69, 9.17) is 0 Å². The van der Waals surface area contributed by atoms with Crippen LogP contribution in [0.4, 0.5) is 0 Å². The van der Waals surface area contributed by atoms with Crippen LogP contribution in [0.25, 0.3) is 0 Å². The van der Waals surface area contributed by atoms with Crippen LogP contribution < -0.4 is 0 Å². The molecule has 1 amide bonds. The van der Waals surface area contributed by atoms with Crippen LogP contribution in [-0.2, 0) is 11.3 Å². The molecule has 0 saturated carbocycles. The summed E-state index contributed by atoms with van der Waals surface area (Å²) in [5.74, 6) is 0.133. The van der Waals surface area contributed by atoms with E-state index < -0.39 is 6.04 Å². The van der Waals surface area contributed by atoms with Crippen LogP contribution >= 0.6 is 0 Å². The Morgan fingerprint density at radius 1 is 1.17 bits per heavy atom. The summed E-state index contributed by atoms with van der Waals surface area (Å²) in [7, 11) is 1.76. The van der Waals surface area contributed by atoms with Crippen molar-refractivity contribution in [2.45, 2.75) is 12.6 Å². The van der Waals surface area contributed by atoms with Crippen molar-refractivity contribution in [3.05, 3.63) is 84.2 Å². The monoisotopic (exact) mass is 321 g/mol. The summed E-state index contributed by atoms with van der Waals surface area (Å²) in [6.45, 7) is 0.415. The minimum Gasteiger partial charge on any atom is -0.508 e. The van der Waals surface area contributed by atoms with Gasteiger partial charge in [0.05, 0.1) is 0 Å². The van der Waals surface area contributed by atoms with Crippen LogP contribution in [0, 0.1) is 0 Å². The van der Waals surface area contributed by atoms with Crippen molar-refractivity contribution < 1.29 is 9.90 Å². The largest absolute Gasteiger partial charge is 0.508 e. The highest BCUT2D eigenvalue weighted by Crippen LogP contribution is 2.21. The van der Waals surface area contributed by atoms with E-state index in [0.29, 0.717) is 6.54 Å². The summed E-state index contributed by atoms with van der Waals surface area (Å²) in [6, 6.07) is 17.8. The smallest absolute Gasteiger partial charge is 0.252 e. The van der Waals surface area contributed by atoms with Gasteiger partial charge in [-0.05, 0) is 29.3 Å². The van der Waals surface area contributed by atoms with E-state index >= 15 is 0 Å². The molecule has 0 fully saturated rings. The number of hydrogen-bond donors (Lipinski definition) is 1. The zero-order valence-corrected chi connectivity index (χ0v) is 13.4. The first-order valence-corrected chi connectivity index (χ1v) is 7.72. The third-order valence-electron chi connectivity index (χ3n) is 3.85. The van der Waals surface area contributed by atoms with Gasteiger partial charge in [0.25, 0.3) is 5.91 Å². The SMILES string of the molecule is CN(Cc1cccc(O)c1)C(=O)[C@H](c1ccccc1)n1cccn1. The van der Waals surface area contributed by atoms with Gasteiger partial charge in [-0.15, -0.1) is 0 Å². The van der Waals surface area contributed by atoms with Crippen molar-refractivity contribution in [3.8, 4) is 5.75 Å². The molecule has 0 radical (unpaired) electrons. The van der Waals surface area contributed by atoms with E-state index in [2.05, 4.69) is 5.10 Å². The van der Waals surface area contributed by atoms with Gasteiger partial charge in [-0.25, -0.2) is 0 Å². The first kappa shape index (κ1) is 15.8. The number of hydrogen-bond acceptors (Lipinski definition) is 3. The van der Waals surface area contributed by atoms with Gasteiger partial charge >= 0.3 is 0 Å². The summed E-state index contributed by atoms with van der Waals surface area (Å²) in [4.78, 5) is 14.7. The fourth-order valence-electron chi connectivity index (χ4n) is 2.69. The number of amides is 1. The molecule has 122 valence electrons. The van der Waals surface area contributed by atoms with Gasteiger partial charge in [0.2, 0.25) is 0 Å². The molecule has 0 aliphatic rings. The summed E-state index contributed by atoms with van der Waals surface area (Å²) in [5, 5.41) is 13.8. The van der Waals surface area contributed by atoms with Crippen molar-refractivity contribution >= 4 is 5.91 Å². The Bertz CT molecular complexity index is 800. The molecular weight excluding hydrogens is 302 g/mol. The maximum atomic E-state index is 13.0. The van der Waals surface area contributed by atoms with Crippen molar-refractivity contribution in [2.75, 3.05) is 7.05 Å². The zero-order valence-electron chi connectivity index (χ0n) is 13.4. The number of phenolic OH excluding ortho intramolecular Hbond substituents is 1. The highest BCUT2D eigenvalue weighted by molar-refractivity contribution is 5.83. The lowest BCUT2D eigenvalue weighted by Gasteiger charge is -2.24. The van der Waals surface area contributed by atoms with Crippen LogP contribution in [0.15, 0.2) is 73.1 Å². The first-order valence-electron chi connectivity index (χ1n) is 7.72. The molecule has 2 aromatic carbocycles. The molecule has 1 N–H and O–H groups in total. The molecule has 5 heteroatoms. The number of nitrogens with zero attached hydrogens (tertiary/aromatic N) is 3. The lowest BCUT2D eigenvalue weighted by molar-refractivity contribution is -0.133. The van der Waals surface area contributed by atoms with Gasteiger partial charge in [-0.3, -0.25) is 9.48 Å². The highest BCUT2D eigenvalue weighted by Gasteiger charge is 2.26. The normalized spacial score (nSPS) is 11.9. The quantitative estimate of drug-likeness (QED) is 0.786. The number of carbonyl (C=O) groups excluding carboxylic acids is 1. The van der Waals surface area contributed by atoms with Gasteiger partial charge in [-0.1, -0.05) is 42.5 Å². The lowest BCUT2D eigenvalue weighted by atomic mass is 10.1. The molecule has 0 unspecified atom stereocenters. The lowest BCUT2D eigenvalue weighted by Crippen LogP contribution is -2.35. The maximum Gasteiger partial charge on any atom is 0.252 e. The molecule has 1 atom stereocenters. The van der Waals surface area contributed by atoms with E-state index in [1.54, 1.807) is 53.3 Å². The second kappa shape index (κ2) is 7.00. The molecule has 24 heavy (non-hydrogen) atoms. The number of phenols is 1. The number of aromatic hydroxyl groups is 1. The number of aromatic nitrogens is 2. The van der Waals surface area contributed by atoms with E-state index in [0.717, 1.165) is 11.1 Å². The van der Waals surface area contributed by atoms with Gasteiger partial charge in [0, 0.05) is 26.0 Å². The Morgan fingerprint density at radius 2 is 1.96 bits per heavy atom. The predicted molar refractivity (Wildman–Crippen MR) is 91.4 cm³/mol. The minimum atomic E-state index is -0.511. The van der Waals surface area contributed by atoms with Gasteiger partial charge in [0.1, 0.15) is 5.75 Å². The molecule has 3 aromatic rings. The Kier molecular flexibility index (Phi) is 4.61. The van der Waals surface area contributed by atoms with Gasteiger partial charge < -0.3 is 10.0 Å². The van der Waals surface area contributed by atoms with Crippen molar-refractivity contribution in [1.82, 2.24) is 14.7 Å². The van der Waals surface area contributed by atoms with Gasteiger partial charge in [-0.2, -0.15) is 5.10 Å². The van der Waals surface area contributed by atoms with Crippen molar-refractivity contribution in [2.24, 2.45) is 0 Å². The second-order valence-electron chi connectivity index (χ2n) is 5.66. The fourth-order valence-corrected chi connectivity index (χ4v) is 2.69. The minimum absolute atomic E-state index is 0.0618. The maximum absolute atomic E-state index is 13.0. The molecule has 1 heterocycles. The Morgan fingerprint density at radius 3 is 2.62 bits per heavy atom. The fraction of sp³-hybridized carbons (Fsp3) is 0.158. The van der Waals surface area contributed by atoms with Crippen LogP contribution in [0.2, 0.25) is 0 Å². The first-order chi connectivity index (χ1) is 11.6. The van der Waals surface area contributed by atoms with E-state index in [1.807, 2.05) is 36.4 Å². The van der Waals surface area contributed by atoms with Crippen LogP contribution in [0.5, 0.6) is 5.75 Å². The summed E-state index contributed by atoms with van der Waals surface area (Å²) >= 11 is 0. The predicted octanol–water partition coefficient (Wildman–Crippen LogP) is 2.84. The average molecular weight is 321 g/mol. The topological polar surface area (TPSA) is 58.4 Å². The second-order valence-corrected chi connectivity index (χ2v) is 5.66. The Labute approximate surface area is 140 Å². The molecule has 1 aromatic heterocycles. The molecule has 0 aliphatic heterocycles. The summed E-state index contributed by atoms with van der Waals surface area (Å²) < 4.78 is 1.66. The van der Waals surface area contributed by atoms with E-state index in [9.17, 15) is 9.90 Å². The van der Waals surface area contributed by atoms with Crippen LogP contribution in [0.1, 0.15) is 17.2 Å². The number of likely N-dealkylation sites (N-methyl/N-ethyl adjacent to an activating group) is 1. The third kappa shape index (κ3) is 3.46. The summed E-state index contributed by atoms with van der Waals surface area (Å²) in [5.41, 5.74) is 1.76. The van der Waals surface area contributed by atoms with Crippen LogP contribution in [0.3, 0.4) is 0 Å². The summed E-state index contributed by atoms with van der Waals surface area (Å²) in [6.07, 6.45) is 3.45. The van der Waals surface area contributed by atoms with Crippen molar-refractivity contribution in [3.63, 3.8) is 0 Å². The van der Waals surface area contributed by atoms with E-state index in [1.165, 1.54) is 0 Å². The molecule has 0 saturated heterocycles. The molecule has 5 nitrogen and oxygen atoms in total. The molecule has 0 spiro atoms. The average Bonchev–Trinajstić information content (AvgIpc) is 3.10. The molecule has 0 aliphatic carbocycles.